The Labute approximate surface area is 182 Å². The van der Waals surface area contributed by atoms with E-state index in [1.54, 1.807) is 0 Å². The summed E-state index contributed by atoms with van der Waals surface area (Å²) < 4.78 is 0. The first-order chi connectivity index (χ1) is 15.2. The first-order valence-corrected chi connectivity index (χ1v) is 10.5. The third kappa shape index (κ3) is 3.17. The van der Waals surface area contributed by atoms with E-state index in [-0.39, 0.29) is 17.9 Å². The lowest BCUT2D eigenvalue weighted by atomic mass is 9.84. The quantitative estimate of drug-likeness (QED) is 0.457. The number of benzene rings is 4. The molecule has 1 aliphatic carbocycles. The van der Waals surface area contributed by atoms with E-state index in [2.05, 4.69) is 41.7 Å². The van der Waals surface area contributed by atoms with Crippen LogP contribution in [0, 0.1) is 17.2 Å². The standard InChI is InChI=1S/C28H22N2O/c1-18(20-16-8-10-19-9-2-3-11-21(19)20)30-28(31)26(17-29)27-24-14-6-4-12-22(24)23-13-5-7-15-25(23)27/h2-16,18,26-27H,1H3,(H,30,31)/t18-,26?/m0/s1. The molecule has 0 spiro atoms. The molecule has 0 radical (unpaired) electrons. The summed E-state index contributed by atoms with van der Waals surface area (Å²) in [5.41, 5.74) is 5.36. The third-order valence-corrected chi connectivity index (χ3v) is 6.29. The van der Waals surface area contributed by atoms with Crippen molar-refractivity contribution in [1.82, 2.24) is 5.32 Å². The van der Waals surface area contributed by atoms with Crippen molar-refractivity contribution in [1.29, 1.82) is 5.26 Å². The van der Waals surface area contributed by atoms with Crippen LogP contribution in [0.25, 0.3) is 21.9 Å². The Kier molecular flexibility index (Phi) is 4.76. The summed E-state index contributed by atoms with van der Waals surface area (Å²) >= 11 is 0. The number of hydrogen-bond donors (Lipinski definition) is 1. The molecule has 0 bridgehead atoms. The maximum absolute atomic E-state index is 13.4. The molecule has 31 heavy (non-hydrogen) atoms. The van der Waals surface area contributed by atoms with Crippen molar-refractivity contribution in [2.24, 2.45) is 5.92 Å². The first-order valence-electron chi connectivity index (χ1n) is 10.5. The Hall–Kier alpha value is -3.90. The largest absolute Gasteiger partial charge is 0.348 e. The second kappa shape index (κ2) is 7.74. The SMILES string of the molecule is C[C@H](NC(=O)C(C#N)C1c2ccccc2-c2ccccc21)c1cccc2ccccc12. The number of hydrogen-bond acceptors (Lipinski definition) is 2. The van der Waals surface area contributed by atoms with Crippen molar-refractivity contribution in [2.45, 2.75) is 18.9 Å². The Morgan fingerprint density at radius 1 is 0.839 bits per heavy atom. The van der Waals surface area contributed by atoms with Crippen LogP contribution >= 0.6 is 0 Å². The number of nitriles is 1. The number of nitrogens with one attached hydrogen (secondary N) is 1. The van der Waals surface area contributed by atoms with Crippen LogP contribution in [0.3, 0.4) is 0 Å². The molecular formula is C28H22N2O. The van der Waals surface area contributed by atoms with Crippen LogP contribution in [-0.2, 0) is 4.79 Å². The molecule has 0 saturated carbocycles. The van der Waals surface area contributed by atoms with E-state index in [1.165, 1.54) is 0 Å². The van der Waals surface area contributed by atoms with Crippen molar-refractivity contribution in [3.8, 4) is 17.2 Å². The molecule has 0 aliphatic heterocycles. The molecule has 0 fully saturated rings. The minimum absolute atomic E-state index is 0.207. The molecule has 3 nitrogen and oxygen atoms in total. The highest BCUT2D eigenvalue weighted by molar-refractivity contribution is 5.89. The van der Waals surface area contributed by atoms with E-state index >= 15 is 0 Å². The average Bonchev–Trinajstić information content (AvgIpc) is 3.14. The Balaban J connectivity index is 1.48. The molecule has 0 heterocycles. The molecule has 1 amide bonds. The molecule has 1 N–H and O–H groups in total. The zero-order valence-electron chi connectivity index (χ0n) is 17.2. The van der Waals surface area contributed by atoms with Gasteiger partial charge in [0.2, 0.25) is 5.91 Å². The Bertz CT molecular complexity index is 1280. The molecular weight excluding hydrogens is 380 g/mol. The Morgan fingerprint density at radius 2 is 1.42 bits per heavy atom. The molecule has 0 aromatic heterocycles. The van der Waals surface area contributed by atoms with E-state index in [0.717, 1.165) is 38.6 Å². The van der Waals surface area contributed by atoms with E-state index in [9.17, 15) is 10.1 Å². The second-order valence-corrected chi connectivity index (χ2v) is 8.06. The third-order valence-electron chi connectivity index (χ3n) is 6.29. The normalized spacial score (nSPS) is 14.3. The number of fused-ring (bicyclic) bond motifs is 4. The van der Waals surface area contributed by atoms with E-state index in [1.807, 2.05) is 67.6 Å². The number of amides is 1. The van der Waals surface area contributed by atoms with Gasteiger partial charge < -0.3 is 5.32 Å². The predicted octanol–water partition coefficient (Wildman–Crippen LogP) is 5.97. The maximum Gasteiger partial charge on any atom is 0.238 e. The summed E-state index contributed by atoms with van der Waals surface area (Å²) in [6.45, 7) is 1.98. The average molecular weight is 402 g/mol. The van der Waals surface area contributed by atoms with Gasteiger partial charge in [0.05, 0.1) is 12.1 Å². The summed E-state index contributed by atoms with van der Waals surface area (Å²) in [4.78, 5) is 13.4. The molecule has 4 aromatic rings. The minimum atomic E-state index is -0.803. The fourth-order valence-corrected chi connectivity index (χ4v) is 4.85. The topological polar surface area (TPSA) is 52.9 Å². The van der Waals surface area contributed by atoms with Gasteiger partial charge in [0.15, 0.2) is 0 Å². The van der Waals surface area contributed by atoms with Crippen LogP contribution in [0.15, 0.2) is 91.0 Å². The lowest BCUT2D eigenvalue weighted by molar-refractivity contribution is -0.124. The lowest BCUT2D eigenvalue weighted by Crippen LogP contribution is -2.35. The number of nitrogens with zero attached hydrogens (tertiary/aromatic N) is 1. The first kappa shape index (κ1) is 19.1. The smallest absolute Gasteiger partial charge is 0.238 e. The molecule has 5 rings (SSSR count). The van der Waals surface area contributed by atoms with Gasteiger partial charge in [-0.05, 0) is 45.5 Å². The van der Waals surface area contributed by atoms with E-state index < -0.39 is 5.92 Å². The molecule has 0 saturated heterocycles. The van der Waals surface area contributed by atoms with Crippen molar-refractivity contribution in [2.75, 3.05) is 0 Å². The van der Waals surface area contributed by atoms with Crippen molar-refractivity contribution < 1.29 is 4.79 Å². The van der Waals surface area contributed by atoms with Crippen LogP contribution in [-0.4, -0.2) is 5.91 Å². The second-order valence-electron chi connectivity index (χ2n) is 8.06. The summed E-state index contributed by atoms with van der Waals surface area (Å²) in [5, 5.41) is 15.4. The van der Waals surface area contributed by atoms with Gasteiger partial charge in [0, 0.05) is 5.92 Å². The van der Waals surface area contributed by atoms with Gasteiger partial charge in [-0.3, -0.25) is 4.79 Å². The van der Waals surface area contributed by atoms with Crippen molar-refractivity contribution in [3.05, 3.63) is 108 Å². The molecule has 1 unspecified atom stereocenters. The van der Waals surface area contributed by atoms with Crippen LogP contribution in [0.1, 0.15) is 35.6 Å². The van der Waals surface area contributed by atoms with Crippen LogP contribution in [0.2, 0.25) is 0 Å². The van der Waals surface area contributed by atoms with Gasteiger partial charge in [-0.15, -0.1) is 0 Å². The highest BCUT2D eigenvalue weighted by Crippen LogP contribution is 2.48. The number of rotatable bonds is 4. The van der Waals surface area contributed by atoms with Crippen molar-refractivity contribution in [3.63, 3.8) is 0 Å². The zero-order valence-corrected chi connectivity index (χ0v) is 17.2. The highest BCUT2D eigenvalue weighted by atomic mass is 16.1. The molecule has 2 atom stereocenters. The van der Waals surface area contributed by atoms with E-state index in [4.69, 9.17) is 0 Å². The summed E-state index contributed by atoms with van der Waals surface area (Å²) in [6, 6.07) is 32.5. The predicted molar refractivity (Wildman–Crippen MR) is 123 cm³/mol. The molecule has 150 valence electrons. The van der Waals surface area contributed by atoms with Crippen LogP contribution in [0.5, 0.6) is 0 Å². The molecule has 1 aliphatic rings. The summed E-state index contributed by atoms with van der Waals surface area (Å²) in [7, 11) is 0. The lowest BCUT2D eigenvalue weighted by Gasteiger charge is -2.22. The van der Waals surface area contributed by atoms with Gasteiger partial charge in [-0.1, -0.05) is 91.0 Å². The molecule has 4 aromatic carbocycles. The van der Waals surface area contributed by atoms with Gasteiger partial charge >= 0.3 is 0 Å². The van der Waals surface area contributed by atoms with Crippen LogP contribution < -0.4 is 5.32 Å². The summed E-state index contributed by atoms with van der Waals surface area (Å²) in [5.74, 6) is -1.31. The number of carbonyl (C=O) groups excluding carboxylic acids is 1. The monoisotopic (exact) mass is 402 g/mol. The zero-order chi connectivity index (χ0) is 21.4. The fourth-order valence-electron chi connectivity index (χ4n) is 4.85. The van der Waals surface area contributed by atoms with Crippen LogP contribution in [0.4, 0.5) is 0 Å². The minimum Gasteiger partial charge on any atom is -0.348 e. The highest BCUT2D eigenvalue weighted by Gasteiger charge is 2.38. The van der Waals surface area contributed by atoms with E-state index in [0.29, 0.717) is 0 Å². The Morgan fingerprint density at radius 3 is 2.10 bits per heavy atom. The van der Waals surface area contributed by atoms with Gasteiger partial charge in [0.25, 0.3) is 0 Å². The van der Waals surface area contributed by atoms with Gasteiger partial charge in [-0.25, -0.2) is 0 Å². The van der Waals surface area contributed by atoms with Gasteiger partial charge in [-0.2, -0.15) is 5.26 Å². The van der Waals surface area contributed by atoms with Crippen molar-refractivity contribution >= 4 is 16.7 Å². The van der Waals surface area contributed by atoms with Gasteiger partial charge in [0.1, 0.15) is 5.92 Å². The maximum atomic E-state index is 13.4. The number of carbonyl (C=O) groups is 1. The molecule has 3 heteroatoms. The summed E-state index contributed by atoms with van der Waals surface area (Å²) in [6.07, 6.45) is 0. The fraction of sp³-hybridized carbons (Fsp3) is 0.143.